The molecule has 4 aliphatic rings. The van der Waals surface area contributed by atoms with Crippen LogP contribution in [-0.2, 0) is 67.4 Å². The Morgan fingerprint density at radius 1 is 0.985 bits per heavy atom. The number of methoxy groups -OCH3 is 1. The summed E-state index contributed by atoms with van der Waals surface area (Å²) in [7, 11) is 5.48. The maximum Gasteiger partial charge on any atom is 0.311 e. The van der Waals surface area contributed by atoms with Crippen LogP contribution in [0.25, 0.3) is 0 Å². The van der Waals surface area contributed by atoms with E-state index in [1.165, 1.54) is 18.2 Å². The fourth-order valence-corrected chi connectivity index (χ4v) is 11.1. The van der Waals surface area contributed by atoms with E-state index in [1.807, 2.05) is 59.6 Å². The molecule has 1 aromatic heterocycles. The molecule has 68 heavy (non-hydrogen) atoms. The molecule has 0 saturated carbocycles. The van der Waals surface area contributed by atoms with E-state index >= 15 is 0 Å². The van der Waals surface area contributed by atoms with Crippen LogP contribution >= 0.6 is 0 Å². The Hall–Kier alpha value is -2.69. The van der Waals surface area contributed by atoms with E-state index in [1.54, 1.807) is 27.7 Å². The Bertz CT molecular complexity index is 1910. The fraction of sp³-hybridized carbons (Fsp3) is 0.820. The first-order valence-electron chi connectivity index (χ1n) is 24.8. The SMILES string of the molecule is CC[C@H]1OC(=O)[C@H](C)[C@@H](O[C@H]2C[C@@](C)(OC)[C@@H](O)[C@H](C)O2)[C@H](C)[C@@H](O[C@@H]2O[C@H](C)C[C@H](N(C)CCc3cn(CCc4ccc(C)cc4)nn3)[C@H]2O)[C@](C)(O)C[C@@H](C)CN(C)[C@H](C)[C@H]2OOO[C@@]21C. The van der Waals surface area contributed by atoms with Crippen LogP contribution in [0.1, 0.15) is 112 Å². The maximum atomic E-state index is 14.6. The van der Waals surface area contributed by atoms with Crippen molar-refractivity contribution in [2.75, 3.05) is 34.3 Å². The quantitative estimate of drug-likeness (QED) is 0.186. The first kappa shape index (κ1) is 54.6. The molecule has 18 heteroatoms. The van der Waals surface area contributed by atoms with Gasteiger partial charge in [0, 0.05) is 63.8 Å². The lowest BCUT2D eigenvalue weighted by molar-refractivity contribution is -0.477. The molecule has 0 aliphatic carbocycles. The third-order valence-corrected chi connectivity index (χ3v) is 15.5. The van der Waals surface area contributed by atoms with Gasteiger partial charge in [0.1, 0.15) is 24.4 Å². The number of hydrogen-bond donors (Lipinski definition) is 3. The summed E-state index contributed by atoms with van der Waals surface area (Å²) in [6.45, 7) is 22.5. The van der Waals surface area contributed by atoms with Gasteiger partial charge in [0.15, 0.2) is 18.2 Å². The Kier molecular flexibility index (Phi) is 18.3. The molecule has 0 radical (unpaired) electrons. The van der Waals surface area contributed by atoms with Crippen molar-refractivity contribution in [3.8, 4) is 0 Å². The maximum absolute atomic E-state index is 14.6. The van der Waals surface area contributed by atoms with Gasteiger partial charge >= 0.3 is 5.97 Å². The number of aromatic nitrogens is 3. The molecular formula is C50H83N5O13. The highest BCUT2D eigenvalue weighted by molar-refractivity contribution is 5.73. The van der Waals surface area contributed by atoms with Crippen molar-refractivity contribution >= 4 is 5.97 Å². The molecule has 386 valence electrons. The number of hydrogen-bond acceptors (Lipinski definition) is 17. The Morgan fingerprint density at radius 2 is 1.69 bits per heavy atom. The second-order valence-electron chi connectivity index (χ2n) is 21.3. The van der Waals surface area contributed by atoms with Crippen LogP contribution in [0, 0.1) is 24.7 Å². The molecule has 0 bridgehead atoms. The lowest BCUT2D eigenvalue weighted by atomic mass is 9.77. The normalized spacial score (nSPS) is 41.5. The first-order valence-corrected chi connectivity index (χ1v) is 24.8. The molecule has 4 aliphatic heterocycles. The Labute approximate surface area is 404 Å². The molecule has 18 nitrogen and oxygen atoms in total. The van der Waals surface area contributed by atoms with Gasteiger partial charge in [0.2, 0.25) is 0 Å². The number of carbonyl (C=O) groups is 1. The van der Waals surface area contributed by atoms with Crippen LogP contribution < -0.4 is 0 Å². The van der Waals surface area contributed by atoms with Crippen LogP contribution in [0.15, 0.2) is 30.5 Å². The van der Waals surface area contributed by atoms with E-state index in [-0.39, 0.29) is 36.9 Å². The van der Waals surface area contributed by atoms with Crippen molar-refractivity contribution in [3.05, 3.63) is 47.3 Å². The number of fused-ring (bicyclic) bond motifs is 1. The number of likely N-dealkylation sites (N-methyl/N-ethyl adjacent to an activating group) is 2. The van der Waals surface area contributed by atoms with Crippen LogP contribution in [-0.4, -0.2) is 171 Å². The standard InChI is InChI=1S/C50H83N5O13/c1-15-39-50(11)45(66-68-67-50)34(7)54(13)27-30(3)25-48(9,59)44(32(5)42(33(6)46(58)63-39)64-40-26-49(10,60-14)43(57)35(8)62-40)65-47-41(56)38(24-31(4)61-47)53(12)22-21-37-28-55(52-51-37)23-20-36-18-16-29(2)17-19-36/h16-19,28,30-35,38-45,47,56-57,59H,15,20-27H2,1-14H3/t30-,31-,32+,33-,34-,35+,38+,39-,40+,41-,42+,43+,44-,45-,47+,48-,49-,50-/m1/s1. The van der Waals surface area contributed by atoms with Gasteiger partial charge in [-0.25, -0.2) is 0 Å². The highest BCUT2D eigenvalue weighted by Crippen LogP contribution is 2.42. The van der Waals surface area contributed by atoms with E-state index in [2.05, 4.69) is 58.2 Å². The van der Waals surface area contributed by atoms with Crippen LogP contribution in [0.4, 0.5) is 0 Å². The van der Waals surface area contributed by atoms with Gasteiger partial charge in [-0.1, -0.05) is 60.9 Å². The third kappa shape index (κ3) is 12.5. The fourth-order valence-electron chi connectivity index (χ4n) is 11.1. The zero-order valence-corrected chi connectivity index (χ0v) is 43.1. The second-order valence-corrected chi connectivity index (χ2v) is 21.3. The summed E-state index contributed by atoms with van der Waals surface area (Å²) in [5.41, 5.74) is -0.452. The molecule has 6 rings (SSSR count). The predicted molar refractivity (Wildman–Crippen MR) is 251 cm³/mol. The van der Waals surface area contributed by atoms with Crippen LogP contribution in [0.3, 0.4) is 0 Å². The summed E-state index contributed by atoms with van der Waals surface area (Å²) in [4.78, 5) is 30.4. The largest absolute Gasteiger partial charge is 0.459 e. The minimum Gasteiger partial charge on any atom is -0.459 e. The monoisotopic (exact) mass is 962 g/mol. The molecule has 0 amide bonds. The van der Waals surface area contributed by atoms with Crippen molar-refractivity contribution in [2.24, 2.45) is 17.8 Å². The number of rotatable bonds is 13. The molecule has 0 spiro atoms. The Morgan fingerprint density at radius 3 is 2.37 bits per heavy atom. The number of benzene rings is 1. The summed E-state index contributed by atoms with van der Waals surface area (Å²) in [5, 5.41) is 50.2. The molecule has 0 unspecified atom stereocenters. The number of carbonyl (C=O) groups excluding carboxylic acids is 1. The van der Waals surface area contributed by atoms with Gasteiger partial charge in [-0.05, 0) is 107 Å². The molecule has 3 N–H and O–H groups in total. The van der Waals surface area contributed by atoms with E-state index in [0.29, 0.717) is 38.9 Å². The van der Waals surface area contributed by atoms with Gasteiger partial charge in [-0.3, -0.25) is 9.48 Å². The minimum atomic E-state index is -1.57. The minimum absolute atomic E-state index is 0.103. The first-order chi connectivity index (χ1) is 32.0. The van der Waals surface area contributed by atoms with Crippen LogP contribution in [0.2, 0.25) is 0 Å². The summed E-state index contributed by atoms with van der Waals surface area (Å²) in [5.74, 6) is -2.41. The number of aliphatic hydroxyl groups excluding tert-OH is 2. The van der Waals surface area contributed by atoms with E-state index < -0.39 is 89.9 Å². The summed E-state index contributed by atoms with van der Waals surface area (Å²) in [6.07, 6.45) is -3.89. The van der Waals surface area contributed by atoms with Crippen molar-refractivity contribution in [3.63, 3.8) is 0 Å². The van der Waals surface area contributed by atoms with Crippen molar-refractivity contribution in [1.82, 2.24) is 24.8 Å². The average molecular weight is 962 g/mol. The highest BCUT2D eigenvalue weighted by Gasteiger charge is 2.57. The third-order valence-electron chi connectivity index (χ3n) is 15.5. The van der Waals surface area contributed by atoms with Gasteiger partial charge in [0.05, 0.1) is 47.2 Å². The number of aliphatic hydroxyl groups is 3. The Balaban J connectivity index is 1.28. The van der Waals surface area contributed by atoms with Gasteiger partial charge in [-0.2, -0.15) is 9.78 Å². The molecule has 4 fully saturated rings. The van der Waals surface area contributed by atoms with E-state index in [4.69, 9.17) is 43.2 Å². The number of aryl methyl sites for hydroxylation is 3. The average Bonchev–Trinajstić information content (AvgIpc) is 3.93. The van der Waals surface area contributed by atoms with E-state index in [0.717, 1.165) is 12.1 Å². The molecular weight excluding hydrogens is 879 g/mol. The number of nitrogens with zero attached hydrogens (tertiary/aromatic N) is 5. The smallest absolute Gasteiger partial charge is 0.311 e. The highest BCUT2D eigenvalue weighted by atomic mass is 17.5. The molecule has 2 aromatic rings. The van der Waals surface area contributed by atoms with Crippen molar-refractivity contribution < 1.29 is 63.3 Å². The zero-order chi connectivity index (χ0) is 49.9. The number of ether oxygens (including phenoxy) is 6. The van der Waals surface area contributed by atoms with Crippen LogP contribution in [0.5, 0.6) is 0 Å². The molecule has 5 heterocycles. The summed E-state index contributed by atoms with van der Waals surface area (Å²) >= 11 is 0. The van der Waals surface area contributed by atoms with Crippen molar-refractivity contribution in [1.29, 1.82) is 0 Å². The number of esters is 1. The van der Waals surface area contributed by atoms with Gasteiger partial charge < -0.3 is 53.5 Å². The van der Waals surface area contributed by atoms with Crippen molar-refractivity contribution in [2.45, 2.75) is 212 Å². The summed E-state index contributed by atoms with van der Waals surface area (Å²) < 4.78 is 40.6. The van der Waals surface area contributed by atoms with Gasteiger partial charge in [-0.15, -0.1) is 5.10 Å². The molecule has 1 aromatic carbocycles. The van der Waals surface area contributed by atoms with Gasteiger partial charge in [0.25, 0.3) is 0 Å². The summed E-state index contributed by atoms with van der Waals surface area (Å²) in [6, 6.07) is 7.88. The van der Waals surface area contributed by atoms with E-state index in [9.17, 15) is 20.1 Å². The number of cyclic esters (lactones) is 1. The topological polar surface area (TPSA) is 198 Å². The molecule has 4 saturated heterocycles. The predicted octanol–water partition coefficient (Wildman–Crippen LogP) is 4.57. The molecule has 18 atom stereocenters. The lowest BCUT2D eigenvalue weighted by Gasteiger charge is -2.49. The zero-order valence-electron chi connectivity index (χ0n) is 43.1. The lowest BCUT2D eigenvalue weighted by Crippen LogP contribution is -2.61. The second kappa shape index (κ2) is 22.8.